The van der Waals surface area contributed by atoms with Crippen molar-refractivity contribution in [1.29, 1.82) is 5.41 Å². The summed E-state index contributed by atoms with van der Waals surface area (Å²) in [7, 11) is 0. The van der Waals surface area contributed by atoms with Crippen molar-refractivity contribution in [2.24, 2.45) is 11.5 Å². The van der Waals surface area contributed by atoms with Gasteiger partial charge in [0.25, 0.3) is 5.91 Å². The average Bonchev–Trinajstić information content (AvgIpc) is 3.27. The van der Waals surface area contributed by atoms with Crippen molar-refractivity contribution in [2.75, 3.05) is 13.1 Å². The quantitative estimate of drug-likeness (QED) is 0.374. The van der Waals surface area contributed by atoms with E-state index in [1.54, 1.807) is 29.2 Å². The maximum absolute atomic E-state index is 12.8. The Bertz CT molecular complexity index is 1160. The number of carbonyl (C=O) groups is 1. The Morgan fingerprint density at radius 1 is 1.20 bits per heavy atom. The van der Waals surface area contributed by atoms with Gasteiger partial charge in [-0.3, -0.25) is 10.2 Å². The molecule has 8 nitrogen and oxygen atoms in total. The molecule has 0 saturated carbocycles. The summed E-state index contributed by atoms with van der Waals surface area (Å²) >= 11 is 6.46. The second kappa shape index (κ2) is 7.89. The number of nitrogens with zero attached hydrogens (tertiary/aromatic N) is 3. The minimum Gasteiger partial charge on any atom is -0.508 e. The summed E-state index contributed by atoms with van der Waals surface area (Å²) in [5.74, 6) is -0.286. The number of nitrogens with one attached hydrogen (secondary N) is 1. The maximum Gasteiger partial charge on any atom is 0.255 e. The van der Waals surface area contributed by atoms with Gasteiger partial charge in [0.1, 0.15) is 17.9 Å². The highest BCUT2D eigenvalue weighted by Gasteiger charge is 2.24. The third-order valence-corrected chi connectivity index (χ3v) is 5.66. The molecule has 2 aromatic carbocycles. The van der Waals surface area contributed by atoms with Crippen LogP contribution < -0.4 is 11.5 Å². The van der Waals surface area contributed by atoms with Crippen LogP contribution in [0, 0.1) is 5.41 Å². The smallest absolute Gasteiger partial charge is 0.255 e. The van der Waals surface area contributed by atoms with Gasteiger partial charge < -0.3 is 21.5 Å². The van der Waals surface area contributed by atoms with Crippen LogP contribution in [0.4, 0.5) is 0 Å². The fraction of sp³-hybridized carbons (Fsp3) is 0.238. The molecule has 4 rings (SSSR count). The minimum absolute atomic E-state index is 0.0359. The van der Waals surface area contributed by atoms with Gasteiger partial charge in [0.05, 0.1) is 27.8 Å². The molecule has 9 heteroatoms. The first-order valence-electron chi connectivity index (χ1n) is 9.53. The predicted molar refractivity (Wildman–Crippen MR) is 115 cm³/mol. The Balaban J connectivity index is 1.79. The largest absolute Gasteiger partial charge is 0.508 e. The molecular formula is C21H21ClN6O2. The molecule has 0 spiro atoms. The lowest BCUT2D eigenvalue weighted by molar-refractivity contribution is 0.0793. The molecule has 2 heterocycles. The Labute approximate surface area is 178 Å². The van der Waals surface area contributed by atoms with E-state index in [1.807, 2.05) is 0 Å². The van der Waals surface area contributed by atoms with E-state index in [9.17, 15) is 9.90 Å². The molecule has 0 bridgehead atoms. The van der Waals surface area contributed by atoms with Crippen molar-refractivity contribution in [3.63, 3.8) is 0 Å². The van der Waals surface area contributed by atoms with E-state index in [-0.39, 0.29) is 17.5 Å². The highest BCUT2D eigenvalue weighted by Crippen LogP contribution is 2.33. The topological polar surface area (TPSA) is 142 Å². The number of carbonyl (C=O) groups excluding carboxylic acids is 1. The van der Waals surface area contributed by atoms with E-state index >= 15 is 0 Å². The van der Waals surface area contributed by atoms with Crippen molar-refractivity contribution >= 4 is 34.2 Å². The number of hydrogen-bond donors (Lipinski definition) is 4. The van der Waals surface area contributed by atoms with Crippen molar-refractivity contribution in [3.05, 3.63) is 64.1 Å². The number of amides is 1. The number of nitrogen functional groups attached to an aromatic ring is 1. The monoisotopic (exact) mass is 424 g/mol. The van der Waals surface area contributed by atoms with E-state index < -0.39 is 6.04 Å². The Morgan fingerprint density at radius 3 is 2.63 bits per heavy atom. The maximum atomic E-state index is 12.8. The van der Waals surface area contributed by atoms with Gasteiger partial charge in [-0.05, 0) is 43.2 Å². The number of rotatable bonds is 4. The van der Waals surface area contributed by atoms with Gasteiger partial charge in [-0.1, -0.05) is 11.6 Å². The first-order chi connectivity index (χ1) is 14.4. The van der Waals surface area contributed by atoms with E-state index in [2.05, 4.69) is 9.97 Å². The third-order valence-electron chi connectivity index (χ3n) is 5.35. The standard InChI is InChI=1S/C21H21ClN6O2/c22-15-8-13-16(9-12(15)21(30)28-5-1-2-6-28)26-10-27-19(13)18(23)14-7-11(20(24)25)3-4-17(14)29/h3-4,7-10,18,29H,1-2,5-6,23H2,(H3,24,25). The molecule has 1 aromatic heterocycles. The SMILES string of the molecule is N=C(N)c1ccc(O)c(C(N)c2ncnc3cc(C(=O)N4CCCC4)c(Cl)cc23)c1. The molecule has 1 amide bonds. The molecule has 6 N–H and O–H groups in total. The number of fused-ring (bicyclic) bond motifs is 1. The number of aromatic nitrogens is 2. The lowest BCUT2D eigenvalue weighted by Gasteiger charge is -2.18. The first-order valence-corrected chi connectivity index (χ1v) is 9.91. The zero-order chi connectivity index (χ0) is 21.4. The first kappa shape index (κ1) is 20.1. The van der Waals surface area contributed by atoms with E-state index in [0.29, 0.717) is 38.3 Å². The molecule has 30 heavy (non-hydrogen) atoms. The van der Waals surface area contributed by atoms with Gasteiger partial charge in [0, 0.05) is 29.6 Å². The summed E-state index contributed by atoms with van der Waals surface area (Å²) in [5, 5.41) is 18.8. The number of halogens is 1. The number of nitrogens with two attached hydrogens (primary N) is 2. The summed E-state index contributed by atoms with van der Waals surface area (Å²) in [6.45, 7) is 1.44. The van der Waals surface area contributed by atoms with E-state index in [1.165, 1.54) is 12.4 Å². The number of hydrogen-bond acceptors (Lipinski definition) is 6. The minimum atomic E-state index is -0.814. The number of likely N-dealkylation sites (tertiary alicyclic amines) is 1. The highest BCUT2D eigenvalue weighted by atomic mass is 35.5. The second-order valence-electron chi connectivity index (χ2n) is 7.27. The number of phenolic OH excluding ortho intramolecular Hbond substituents is 1. The Morgan fingerprint density at radius 2 is 1.93 bits per heavy atom. The van der Waals surface area contributed by atoms with Crippen molar-refractivity contribution in [2.45, 2.75) is 18.9 Å². The number of aromatic hydroxyl groups is 1. The molecule has 1 aliphatic rings. The van der Waals surface area contributed by atoms with E-state index in [4.69, 9.17) is 28.5 Å². The second-order valence-corrected chi connectivity index (χ2v) is 7.68. The molecule has 1 unspecified atom stereocenters. The fourth-order valence-corrected chi connectivity index (χ4v) is 3.96. The summed E-state index contributed by atoms with van der Waals surface area (Å²) in [6, 6.07) is 7.02. The van der Waals surface area contributed by atoms with Crippen LogP contribution in [0.2, 0.25) is 5.02 Å². The van der Waals surface area contributed by atoms with Crippen molar-refractivity contribution in [1.82, 2.24) is 14.9 Å². The van der Waals surface area contributed by atoms with Crippen LogP contribution in [-0.4, -0.2) is 44.8 Å². The number of amidine groups is 1. The molecule has 1 atom stereocenters. The van der Waals surface area contributed by atoms with Crippen LogP contribution >= 0.6 is 11.6 Å². The van der Waals surface area contributed by atoms with Crippen LogP contribution in [0.3, 0.4) is 0 Å². The zero-order valence-electron chi connectivity index (χ0n) is 16.1. The van der Waals surface area contributed by atoms with Crippen LogP contribution in [0.1, 0.15) is 46.1 Å². The summed E-state index contributed by atoms with van der Waals surface area (Å²) < 4.78 is 0. The van der Waals surface area contributed by atoms with Gasteiger partial charge in [-0.2, -0.15) is 0 Å². The summed E-state index contributed by atoms with van der Waals surface area (Å²) in [4.78, 5) is 23.2. The average molecular weight is 425 g/mol. The third kappa shape index (κ3) is 3.55. The van der Waals surface area contributed by atoms with Gasteiger partial charge in [-0.25, -0.2) is 9.97 Å². The molecule has 1 fully saturated rings. The van der Waals surface area contributed by atoms with Gasteiger partial charge >= 0.3 is 0 Å². The van der Waals surface area contributed by atoms with Gasteiger partial charge in [0.2, 0.25) is 0 Å². The lowest BCUT2D eigenvalue weighted by Crippen LogP contribution is -2.27. The number of phenols is 1. The molecule has 0 aliphatic carbocycles. The molecule has 0 radical (unpaired) electrons. The van der Waals surface area contributed by atoms with Crippen LogP contribution in [-0.2, 0) is 0 Å². The van der Waals surface area contributed by atoms with Crippen LogP contribution in [0.5, 0.6) is 5.75 Å². The van der Waals surface area contributed by atoms with Crippen LogP contribution in [0.15, 0.2) is 36.7 Å². The lowest BCUT2D eigenvalue weighted by atomic mass is 9.97. The molecule has 154 valence electrons. The molecular weight excluding hydrogens is 404 g/mol. The molecule has 1 saturated heterocycles. The fourth-order valence-electron chi connectivity index (χ4n) is 3.72. The van der Waals surface area contributed by atoms with E-state index in [0.717, 1.165) is 25.9 Å². The molecule has 1 aliphatic heterocycles. The van der Waals surface area contributed by atoms with Crippen molar-refractivity contribution < 1.29 is 9.90 Å². The number of benzene rings is 2. The summed E-state index contributed by atoms with van der Waals surface area (Å²) in [5.41, 5.74) is 14.2. The predicted octanol–water partition coefficient (Wildman–Crippen LogP) is 2.56. The highest BCUT2D eigenvalue weighted by molar-refractivity contribution is 6.34. The van der Waals surface area contributed by atoms with Gasteiger partial charge in [-0.15, -0.1) is 0 Å². The normalized spacial score (nSPS) is 14.8. The zero-order valence-corrected chi connectivity index (χ0v) is 16.9. The Kier molecular flexibility index (Phi) is 5.27. The Hall–Kier alpha value is -3.23. The van der Waals surface area contributed by atoms with Gasteiger partial charge in [0.15, 0.2) is 0 Å². The van der Waals surface area contributed by atoms with Crippen LogP contribution in [0.25, 0.3) is 10.9 Å². The van der Waals surface area contributed by atoms with Crippen molar-refractivity contribution in [3.8, 4) is 5.75 Å². The summed E-state index contributed by atoms with van der Waals surface area (Å²) in [6.07, 6.45) is 3.34. The molecule has 3 aromatic rings.